The third kappa shape index (κ3) is 3.25. The largest absolute Gasteiger partial charge is 0.338 e. The average molecular weight is 249 g/mol. The second-order valence-corrected chi connectivity index (χ2v) is 5.42. The van der Waals surface area contributed by atoms with E-state index in [-0.39, 0.29) is 0 Å². The molecule has 0 saturated carbocycles. The first-order valence-electron chi connectivity index (χ1n) is 6.15. The van der Waals surface area contributed by atoms with E-state index in [4.69, 9.17) is 0 Å². The predicted octanol–water partition coefficient (Wildman–Crippen LogP) is 2.71. The number of benzene rings is 1. The van der Waals surface area contributed by atoms with Crippen molar-refractivity contribution in [2.75, 3.05) is 18.6 Å². The van der Waals surface area contributed by atoms with E-state index in [9.17, 15) is 4.79 Å². The maximum absolute atomic E-state index is 12.0. The van der Waals surface area contributed by atoms with Crippen LogP contribution in [-0.2, 0) is 17.8 Å². The molecule has 17 heavy (non-hydrogen) atoms. The van der Waals surface area contributed by atoms with Crippen LogP contribution in [0.4, 0.5) is 0 Å². The van der Waals surface area contributed by atoms with E-state index in [0.717, 1.165) is 31.7 Å². The van der Waals surface area contributed by atoms with Crippen molar-refractivity contribution < 1.29 is 4.79 Å². The van der Waals surface area contributed by atoms with Crippen LogP contribution in [0.2, 0.25) is 0 Å². The molecule has 0 spiro atoms. The lowest BCUT2D eigenvalue weighted by Crippen LogP contribution is -2.35. The number of fused-ring (bicyclic) bond motifs is 1. The number of amides is 1. The van der Waals surface area contributed by atoms with Crippen molar-refractivity contribution in [3.8, 4) is 0 Å². The van der Waals surface area contributed by atoms with E-state index in [1.807, 2.05) is 16.7 Å². The second-order valence-electron chi connectivity index (χ2n) is 4.43. The predicted molar refractivity (Wildman–Crippen MR) is 73.2 cm³/mol. The lowest BCUT2D eigenvalue weighted by Gasteiger charge is -2.29. The molecule has 0 unspecified atom stereocenters. The van der Waals surface area contributed by atoms with Crippen LogP contribution in [0, 0.1) is 0 Å². The van der Waals surface area contributed by atoms with Gasteiger partial charge in [-0.05, 0) is 36.0 Å². The van der Waals surface area contributed by atoms with E-state index >= 15 is 0 Å². The van der Waals surface area contributed by atoms with Crippen LogP contribution in [0.5, 0.6) is 0 Å². The van der Waals surface area contributed by atoms with Gasteiger partial charge in [0.1, 0.15) is 0 Å². The molecule has 0 fully saturated rings. The number of carbonyl (C=O) groups is 1. The maximum atomic E-state index is 12.0. The Bertz CT molecular complexity index is 392. The van der Waals surface area contributed by atoms with Crippen molar-refractivity contribution in [1.29, 1.82) is 0 Å². The van der Waals surface area contributed by atoms with E-state index < -0.39 is 0 Å². The molecule has 1 aliphatic rings. The minimum atomic E-state index is 0.313. The average Bonchev–Trinajstić information content (AvgIpc) is 2.38. The monoisotopic (exact) mass is 249 g/mol. The van der Waals surface area contributed by atoms with Gasteiger partial charge in [-0.2, -0.15) is 11.8 Å². The zero-order valence-corrected chi connectivity index (χ0v) is 11.1. The van der Waals surface area contributed by atoms with Gasteiger partial charge in [0.15, 0.2) is 0 Å². The van der Waals surface area contributed by atoms with Gasteiger partial charge in [0.25, 0.3) is 0 Å². The smallest absolute Gasteiger partial charge is 0.222 e. The minimum Gasteiger partial charge on any atom is -0.338 e. The lowest BCUT2D eigenvalue weighted by molar-refractivity contribution is -0.132. The van der Waals surface area contributed by atoms with Crippen molar-refractivity contribution in [1.82, 2.24) is 4.90 Å². The molecule has 0 atom stereocenters. The summed E-state index contributed by atoms with van der Waals surface area (Å²) in [5, 5.41) is 0. The molecule has 0 saturated heterocycles. The molecule has 1 aromatic carbocycles. The molecule has 0 bridgehead atoms. The van der Waals surface area contributed by atoms with Gasteiger partial charge in [0.2, 0.25) is 5.91 Å². The molecule has 0 radical (unpaired) electrons. The molecule has 1 aliphatic heterocycles. The Morgan fingerprint density at radius 3 is 2.88 bits per heavy atom. The fourth-order valence-electron chi connectivity index (χ4n) is 2.23. The molecule has 1 heterocycles. The van der Waals surface area contributed by atoms with Crippen molar-refractivity contribution in [2.45, 2.75) is 25.8 Å². The summed E-state index contributed by atoms with van der Waals surface area (Å²) in [5.41, 5.74) is 2.72. The number of thioether (sulfide) groups is 1. The lowest BCUT2D eigenvalue weighted by atomic mass is 10.00. The van der Waals surface area contributed by atoms with Crippen LogP contribution < -0.4 is 0 Å². The Morgan fingerprint density at radius 2 is 2.12 bits per heavy atom. The van der Waals surface area contributed by atoms with Crippen LogP contribution in [0.1, 0.15) is 24.0 Å². The summed E-state index contributed by atoms with van der Waals surface area (Å²) in [6.07, 6.45) is 4.78. The fourth-order valence-corrected chi connectivity index (χ4v) is 2.67. The first-order valence-corrected chi connectivity index (χ1v) is 7.54. The van der Waals surface area contributed by atoms with Crippen molar-refractivity contribution in [3.63, 3.8) is 0 Å². The van der Waals surface area contributed by atoms with Gasteiger partial charge in [0, 0.05) is 19.5 Å². The number of nitrogens with zero attached hydrogens (tertiary/aromatic N) is 1. The molecule has 3 heteroatoms. The quantitative estimate of drug-likeness (QED) is 0.765. The van der Waals surface area contributed by atoms with Gasteiger partial charge < -0.3 is 4.90 Å². The first-order chi connectivity index (χ1) is 8.31. The van der Waals surface area contributed by atoms with Crippen molar-refractivity contribution >= 4 is 17.7 Å². The van der Waals surface area contributed by atoms with Gasteiger partial charge >= 0.3 is 0 Å². The number of hydrogen-bond acceptors (Lipinski definition) is 2. The summed E-state index contributed by atoms with van der Waals surface area (Å²) in [4.78, 5) is 14.0. The Balaban J connectivity index is 1.91. The van der Waals surface area contributed by atoms with Crippen LogP contribution in [0.15, 0.2) is 24.3 Å². The molecule has 0 N–H and O–H groups in total. The minimum absolute atomic E-state index is 0.313. The molecule has 1 amide bonds. The molecular weight excluding hydrogens is 230 g/mol. The zero-order chi connectivity index (χ0) is 12.1. The molecule has 2 rings (SSSR count). The molecule has 0 aromatic heterocycles. The summed E-state index contributed by atoms with van der Waals surface area (Å²) in [5.74, 6) is 1.39. The Morgan fingerprint density at radius 1 is 1.35 bits per heavy atom. The van der Waals surface area contributed by atoms with Gasteiger partial charge in [-0.3, -0.25) is 4.79 Å². The first kappa shape index (κ1) is 12.5. The Kier molecular flexibility index (Phi) is 4.49. The van der Waals surface area contributed by atoms with E-state index in [2.05, 4.69) is 30.5 Å². The normalized spacial score (nSPS) is 14.5. The van der Waals surface area contributed by atoms with Crippen molar-refractivity contribution in [2.24, 2.45) is 0 Å². The molecular formula is C14H19NOS. The van der Waals surface area contributed by atoms with Crippen LogP contribution in [-0.4, -0.2) is 29.4 Å². The van der Waals surface area contributed by atoms with Crippen molar-refractivity contribution in [3.05, 3.63) is 35.4 Å². The highest BCUT2D eigenvalue weighted by molar-refractivity contribution is 7.98. The number of carbonyl (C=O) groups excluding carboxylic acids is 1. The summed E-state index contributed by atoms with van der Waals surface area (Å²) >= 11 is 1.81. The van der Waals surface area contributed by atoms with Crippen LogP contribution in [0.3, 0.4) is 0 Å². The fraction of sp³-hybridized carbons (Fsp3) is 0.500. The van der Waals surface area contributed by atoms with E-state index in [0.29, 0.717) is 12.3 Å². The van der Waals surface area contributed by atoms with Gasteiger partial charge in [0.05, 0.1) is 0 Å². The second kappa shape index (κ2) is 6.10. The molecule has 0 aliphatic carbocycles. The highest BCUT2D eigenvalue weighted by Gasteiger charge is 2.19. The summed E-state index contributed by atoms with van der Waals surface area (Å²) in [6, 6.07) is 8.44. The number of rotatable bonds is 4. The highest BCUT2D eigenvalue weighted by atomic mass is 32.2. The summed E-state index contributed by atoms with van der Waals surface area (Å²) in [7, 11) is 0. The van der Waals surface area contributed by atoms with Gasteiger partial charge in [-0.15, -0.1) is 0 Å². The van der Waals surface area contributed by atoms with E-state index in [1.54, 1.807) is 0 Å². The number of hydrogen-bond donors (Lipinski definition) is 0. The standard InChI is InChI=1S/C14H19NOS/c1-17-10-4-7-14(16)15-9-8-12-5-2-3-6-13(12)11-15/h2-3,5-6H,4,7-11H2,1H3. The molecule has 2 nitrogen and oxygen atoms in total. The van der Waals surface area contributed by atoms with Crippen LogP contribution in [0.25, 0.3) is 0 Å². The van der Waals surface area contributed by atoms with E-state index in [1.165, 1.54) is 11.1 Å². The third-order valence-electron chi connectivity index (χ3n) is 3.22. The third-order valence-corrected chi connectivity index (χ3v) is 3.92. The SMILES string of the molecule is CSCCCC(=O)N1CCc2ccccc2C1. The van der Waals surface area contributed by atoms with Gasteiger partial charge in [-0.25, -0.2) is 0 Å². The topological polar surface area (TPSA) is 20.3 Å². The van der Waals surface area contributed by atoms with Crippen LogP contribution >= 0.6 is 11.8 Å². The highest BCUT2D eigenvalue weighted by Crippen LogP contribution is 2.19. The molecule has 92 valence electrons. The maximum Gasteiger partial charge on any atom is 0.222 e. The molecule has 1 aromatic rings. The Labute approximate surface area is 107 Å². The summed E-state index contributed by atoms with van der Waals surface area (Å²) in [6.45, 7) is 1.68. The Hall–Kier alpha value is -0.960. The van der Waals surface area contributed by atoms with Gasteiger partial charge in [-0.1, -0.05) is 24.3 Å². The zero-order valence-electron chi connectivity index (χ0n) is 10.3. The summed E-state index contributed by atoms with van der Waals surface area (Å²) < 4.78 is 0.